The summed E-state index contributed by atoms with van der Waals surface area (Å²) in [5.41, 5.74) is 5.23. The topological polar surface area (TPSA) is 38.9 Å². The minimum absolute atomic E-state index is 0.0596. The Morgan fingerprint density at radius 2 is 1.91 bits per heavy atom. The van der Waals surface area contributed by atoms with Gasteiger partial charge in [-0.25, -0.2) is 9.37 Å². The second-order valence-electron chi connectivity index (χ2n) is 1.74. The van der Waals surface area contributed by atoms with Crippen molar-refractivity contribution >= 4 is 51.5 Å². The van der Waals surface area contributed by atoms with Crippen LogP contribution in [0.2, 0.25) is 10.3 Å². The van der Waals surface area contributed by atoms with Crippen molar-refractivity contribution in [1.29, 1.82) is 0 Å². The highest BCUT2D eigenvalue weighted by Crippen LogP contribution is 2.28. The van der Waals surface area contributed by atoms with Crippen molar-refractivity contribution in [2.24, 2.45) is 0 Å². The molecule has 60 valence electrons. The van der Waals surface area contributed by atoms with Gasteiger partial charge in [-0.2, -0.15) is 0 Å². The molecule has 0 aromatic carbocycles. The van der Waals surface area contributed by atoms with Crippen molar-refractivity contribution in [2.75, 3.05) is 5.73 Å². The third-order valence-corrected chi connectivity index (χ3v) is 2.97. The van der Waals surface area contributed by atoms with Crippen LogP contribution in [0.4, 0.5) is 10.1 Å². The number of anilines is 1. The summed E-state index contributed by atoms with van der Waals surface area (Å²) in [5, 5.41) is -0.178. The molecule has 0 unspecified atom stereocenters. The molecular weight excluding hydrogens is 305 g/mol. The molecule has 0 saturated carbocycles. The van der Waals surface area contributed by atoms with E-state index in [0.717, 1.165) is 0 Å². The molecule has 6 heteroatoms. The summed E-state index contributed by atoms with van der Waals surface area (Å²) in [7, 11) is 0. The summed E-state index contributed by atoms with van der Waals surface area (Å²) >= 11 is 12.7. The SMILES string of the molecule is Nc1c(F)c(Cl)nc(Cl)c1I. The van der Waals surface area contributed by atoms with Crippen LogP contribution in [0.1, 0.15) is 0 Å². The molecule has 0 radical (unpaired) electrons. The van der Waals surface area contributed by atoms with Crippen LogP contribution in [0.3, 0.4) is 0 Å². The van der Waals surface area contributed by atoms with Gasteiger partial charge in [0.25, 0.3) is 0 Å². The average Bonchev–Trinajstić information content (AvgIpc) is 1.97. The molecule has 0 spiro atoms. The summed E-state index contributed by atoms with van der Waals surface area (Å²) in [4.78, 5) is 3.50. The van der Waals surface area contributed by atoms with Crippen molar-refractivity contribution in [2.45, 2.75) is 0 Å². The molecule has 0 bridgehead atoms. The Morgan fingerprint density at radius 1 is 1.36 bits per heavy atom. The van der Waals surface area contributed by atoms with Gasteiger partial charge in [-0.1, -0.05) is 23.2 Å². The molecular formula is C5H2Cl2FIN2. The van der Waals surface area contributed by atoms with E-state index in [4.69, 9.17) is 28.9 Å². The third-order valence-electron chi connectivity index (χ3n) is 1.03. The van der Waals surface area contributed by atoms with Gasteiger partial charge in [-0.05, 0) is 22.6 Å². The van der Waals surface area contributed by atoms with E-state index in [9.17, 15) is 4.39 Å². The third kappa shape index (κ3) is 1.68. The van der Waals surface area contributed by atoms with Gasteiger partial charge in [0.1, 0.15) is 5.15 Å². The molecule has 0 saturated heterocycles. The molecule has 1 rings (SSSR count). The summed E-state index contributed by atoms with van der Waals surface area (Å²) in [6.07, 6.45) is 0. The highest BCUT2D eigenvalue weighted by molar-refractivity contribution is 14.1. The summed E-state index contributed by atoms with van der Waals surface area (Å²) in [5.74, 6) is -0.722. The molecule has 1 heterocycles. The Balaban J connectivity index is 3.46. The van der Waals surface area contributed by atoms with E-state index in [2.05, 4.69) is 4.98 Å². The second-order valence-corrected chi connectivity index (χ2v) is 3.53. The highest BCUT2D eigenvalue weighted by atomic mass is 127. The fourth-order valence-corrected chi connectivity index (χ4v) is 1.28. The number of nitrogens with zero attached hydrogens (tertiary/aromatic N) is 1. The summed E-state index contributed by atoms with van der Waals surface area (Å²) < 4.78 is 13.2. The van der Waals surface area contributed by atoms with Crippen molar-refractivity contribution in [3.63, 3.8) is 0 Å². The zero-order chi connectivity index (χ0) is 8.59. The molecule has 0 fully saturated rings. The fourth-order valence-electron chi connectivity index (χ4n) is 0.503. The summed E-state index contributed by atoms with van der Waals surface area (Å²) in [6.45, 7) is 0. The van der Waals surface area contributed by atoms with Crippen molar-refractivity contribution in [3.05, 3.63) is 19.7 Å². The molecule has 2 nitrogen and oxygen atoms in total. The van der Waals surface area contributed by atoms with Gasteiger partial charge in [-0.3, -0.25) is 0 Å². The Morgan fingerprint density at radius 3 is 2.45 bits per heavy atom. The van der Waals surface area contributed by atoms with Crippen LogP contribution in [-0.4, -0.2) is 4.98 Å². The highest BCUT2D eigenvalue weighted by Gasteiger charge is 2.12. The molecule has 0 aliphatic heterocycles. The van der Waals surface area contributed by atoms with Crippen molar-refractivity contribution in [1.82, 2.24) is 4.98 Å². The lowest BCUT2D eigenvalue weighted by molar-refractivity contribution is 0.626. The van der Waals surface area contributed by atoms with Crippen LogP contribution in [0, 0.1) is 9.39 Å². The lowest BCUT2D eigenvalue weighted by Gasteiger charge is -2.02. The maximum absolute atomic E-state index is 12.8. The van der Waals surface area contributed by atoms with E-state index in [1.807, 2.05) is 0 Å². The van der Waals surface area contributed by atoms with Crippen LogP contribution < -0.4 is 5.73 Å². The van der Waals surface area contributed by atoms with Gasteiger partial charge in [-0.15, -0.1) is 0 Å². The number of pyridine rings is 1. The molecule has 2 N–H and O–H groups in total. The number of nitrogen functional groups attached to an aromatic ring is 1. The number of hydrogen-bond acceptors (Lipinski definition) is 2. The van der Waals surface area contributed by atoms with Crippen LogP contribution in [0.15, 0.2) is 0 Å². The first-order chi connectivity index (χ1) is 5.04. The lowest BCUT2D eigenvalue weighted by Crippen LogP contribution is -1.98. The lowest BCUT2D eigenvalue weighted by atomic mass is 10.4. The standard InChI is InChI=1S/C5H2Cl2FIN2/c6-4-1(8)3(10)2(9)5(7)11-4/h(H2,10,11). The van der Waals surface area contributed by atoms with Gasteiger partial charge < -0.3 is 5.73 Å². The molecule has 11 heavy (non-hydrogen) atoms. The van der Waals surface area contributed by atoms with Gasteiger partial charge in [0, 0.05) is 0 Å². The largest absolute Gasteiger partial charge is 0.395 e. The van der Waals surface area contributed by atoms with Gasteiger partial charge >= 0.3 is 0 Å². The minimum Gasteiger partial charge on any atom is -0.395 e. The maximum Gasteiger partial charge on any atom is 0.184 e. The number of aromatic nitrogens is 1. The fraction of sp³-hybridized carbons (Fsp3) is 0. The Kier molecular flexibility index (Phi) is 2.77. The van der Waals surface area contributed by atoms with E-state index < -0.39 is 5.82 Å². The van der Waals surface area contributed by atoms with Crippen LogP contribution in [-0.2, 0) is 0 Å². The minimum atomic E-state index is -0.722. The van der Waals surface area contributed by atoms with Gasteiger partial charge in [0.05, 0.1) is 9.26 Å². The molecule has 0 atom stereocenters. The first-order valence-electron chi connectivity index (χ1n) is 2.49. The van der Waals surface area contributed by atoms with E-state index in [1.165, 1.54) is 0 Å². The predicted molar refractivity (Wildman–Crippen MR) is 51.3 cm³/mol. The van der Waals surface area contributed by atoms with E-state index in [0.29, 0.717) is 3.57 Å². The van der Waals surface area contributed by atoms with E-state index in [-0.39, 0.29) is 16.0 Å². The van der Waals surface area contributed by atoms with Gasteiger partial charge in [0.2, 0.25) is 0 Å². The zero-order valence-corrected chi connectivity index (χ0v) is 8.71. The first kappa shape index (κ1) is 9.28. The normalized spacial score (nSPS) is 10.2. The Bertz CT molecular complexity index is 279. The summed E-state index contributed by atoms with van der Waals surface area (Å²) in [6, 6.07) is 0. The maximum atomic E-state index is 12.8. The van der Waals surface area contributed by atoms with Crippen molar-refractivity contribution < 1.29 is 4.39 Å². The molecule has 1 aromatic rings. The Labute approximate surface area is 86.0 Å². The molecule has 1 aromatic heterocycles. The molecule has 0 aliphatic rings. The zero-order valence-electron chi connectivity index (χ0n) is 5.04. The van der Waals surface area contributed by atoms with Crippen LogP contribution >= 0.6 is 45.8 Å². The molecule has 0 aliphatic carbocycles. The monoisotopic (exact) mass is 306 g/mol. The number of hydrogen-bond donors (Lipinski definition) is 1. The van der Waals surface area contributed by atoms with Gasteiger partial charge in [0.15, 0.2) is 11.0 Å². The predicted octanol–water partition coefficient (Wildman–Crippen LogP) is 2.71. The average molecular weight is 307 g/mol. The smallest absolute Gasteiger partial charge is 0.184 e. The van der Waals surface area contributed by atoms with E-state index >= 15 is 0 Å². The van der Waals surface area contributed by atoms with Crippen LogP contribution in [0.25, 0.3) is 0 Å². The van der Waals surface area contributed by atoms with Crippen LogP contribution in [0.5, 0.6) is 0 Å². The molecule has 0 amide bonds. The van der Waals surface area contributed by atoms with Crippen molar-refractivity contribution in [3.8, 4) is 0 Å². The quantitative estimate of drug-likeness (QED) is 0.591. The van der Waals surface area contributed by atoms with E-state index in [1.54, 1.807) is 22.6 Å². The number of nitrogens with two attached hydrogens (primary N) is 1. The number of halogens is 4. The first-order valence-corrected chi connectivity index (χ1v) is 4.33. The number of rotatable bonds is 0. The second kappa shape index (κ2) is 3.28. The Hall–Kier alpha value is 0.190.